The van der Waals surface area contributed by atoms with Gasteiger partial charge in [0.15, 0.2) is 0 Å². The fourth-order valence-electron chi connectivity index (χ4n) is 1.89. The van der Waals surface area contributed by atoms with Crippen molar-refractivity contribution in [2.45, 2.75) is 39.0 Å². The van der Waals surface area contributed by atoms with Gasteiger partial charge in [-0.3, -0.25) is 4.79 Å². The predicted octanol–water partition coefficient (Wildman–Crippen LogP) is 2.07. The summed E-state index contributed by atoms with van der Waals surface area (Å²) in [5.74, 6) is 0.109. The second kappa shape index (κ2) is 4.13. The predicted molar refractivity (Wildman–Crippen MR) is 63.7 cm³/mol. The van der Waals surface area contributed by atoms with Crippen LogP contribution in [-0.4, -0.2) is 33.5 Å². The number of rotatable bonds is 1. The third-order valence-corrected chi connectivity index (χ3v) is 3.50. The highest BCUT2D eigenvalue weighted by Gasteiger charge is 2.29. The third kappa shape index (κ3) is 2.09. The fraction of sp³-hybridized carbons (Fsp3) is 0.727. The van der Waals surface area contributed by atoms with Crippen LogP contribution < -0.4 is 0 Å². The van der Waals surface area contributed by atoms with Gasteiger partial charge in [-0.1, -0.05) is 25.3 Å². The standard InChI is InChI=1S/C11H17N3OS/c1-11(2,3)9-8(16-13-12-9)10(15)14-6-4-5-7-14/h4-7H2,1-3H3. The minimum absolute atomic E-state index is 0.109. The summed E-state index contributed by atoms with van der Waals surface area (Å²) in [4.78, 5) is 14.9. The van der Waals surface area contributed by atoms with E-state index >= 15 is 0 Å². The van der Waals surface area contributed by atoms with Crippen LogP contribution in [0.25, 0.3) is 0 Å². The third-order valence-electron chi connectivity index (χ3n) is 2.79. The van der Waals surface area contributed by atoms with Crippen molar-refractivity contribution in [1.82, 2.24) is 14.5 Å². The molecule has 0 spiro atoms. The molecule has 0 aliphatic carbocycles. The van der Waals surface area contributed by atoms with Crippen molar-refractivity contribution in [3.05, 3.63) is 10.6 Å². The topological polar surface area (TPSA) is 46.1 Å². The Hall–Kier alpha value is -0.970. The average Bonchev–Trinajstić information content (AvgIpc) is 2.87. The number of hydrogen-bond acceptors (Lipinski definition) is 4. The van der Waals surface area contributed by atoms with E-state index in [9.17, 15) is 4.79 Å². The van der Waals surface area contributed by atoms with E-state index in [0.717, 1.165) is 36.5 Å². The molecule has 2 rings (SSSR count). The van der Waals surface area contributed by atoms with Crippen molar-refractivity contribution < 1.29 is 4.79 Å². The van der Waals surface area contributed by atoms with Crippen LogP contribution in [0.15, 0.2) is 0 Å². The van der Waals surface area contributed by atoms with Gasteiger partial charge in [0, 0.05) is 18.5 Å². The highest BCUT2D eigenvalue weighted by Crippen LogP contribution is 2.27. The van der Waals surface area contributed by atoms with Crippen molar-refractivity contribution in [1.29, 1.82) is 0 Å². The van der Waals surface area contributed by atoms with E-state index in [1.165, 1.54) is 11.5 Å². The summed E-state index contributed by atoms with van der Waals surface area (Å²) in [7, 11) is 0. The Labute approximate surface area is 99.8 Å². The quantitative estimate of drug-likeness (QED) is 0.753. The van der Waals surface area contributed by atoms with Crippen LogP contribution in [0.1, 0.15) is 49.0 Å². The van der Waals surface area contributed by atoms with E-state index in [1.807, 2.05) is 4.90 Å². The number of nitrogens with zero attached hydrogens (tertiary/aromatic N) is 3. The van der Waals surface area contributed by atoms with Gasteiger partial charge in [-0.2, -0.15) is 0 Å². The van der Waals surface area contributed by atoms with Crippen LogP contribution in [0.5, 0.6) is 0 Å². The van der Waals surface area contributed by atoms with Crippen LogP contribution in [0.2, 0.25) is 0 Å². The van der Waals surface area contributed by atoms with Gasteiger partial charge in [0.2, 0.25) is 0 Å². The van der Waals surface area contributed by atoms with Crippen LogP contribution in [0.4, 0.5) is 0 Å². The van der Waals surface area contributed by atoms with Crippen molar-refractivity contribution in [2.24, 2.45) is 0 Å². The fourth-order valence-corrected chi connectivity index (χ4v) is 2.73. The summed E-state index contributed by atoms with van der Waals surface area (Å²) in [6.45, 7) is 7.93. The van der Waals surface area contributed by atoms with Crippen LogP contribution in [0, 0.1) is 0 Å². The first-order valence-electron chi connectivity index (χ1n) is 5.62. The zero-order valence-electron chi connectivity index (χ0n) is 9.99. The summed E-state index contributed by atoms with van der Waals surface area (Å²) in [6, 6.07) is 0. The molecule has 0 radical (unpaired) electrons. The number of hydrogen-bond donors (Lipinski definition) is 0. The molecular formula is C11H17N3OS. The number of likely N-dealkylation sites (tertiary alicyclic amines) is 1. The number of aromatic nitrogens is 2. The lowest BCUT2D eigenvalue weighted by atomic mass is 9.91. The molecular weight excluding hydrogens is 222 g/mol. The molecule has 0 N–H and O–H groups in total. The number of carbonyl (C=O) groups is 1. The summed E-state index contributed by atoms with van der Waals surface area (Å²) < 4.78 is 3.93. The van der Waals surface area contributed by atoms with Crippen LogP contribution in [-0.2, 0) is 5.41 Å². The van der Waals surface area contributed by atoms with Crippen LogP contribution >= 0.6 is 11.5 Å². The Bertz CT molecular complexity index is 388. The Morgan fingerprint density at radius 2 is 1.94 bits per heavy atom. The molecule has 5 heteroatoms. The molecule has 0 unspecified atom stereocenters. The molecule has 1 saturated heterocycles. The van der Waals surface area contributed by atoms with Gasteiger partial charge in [-0.25, -0.2) is 0 Å². The molecule has 4 nitrogen and oxygen atoms in total. The molecule has 0 atom stereocenters. The number of carbonyl (C=O) groups excluding carboxylic acids is 1. The maximum atomic E-state index is 12.2. The molecule has 0 bridgehead atoms. The highest BCUT2D eigenvalue weighted by atomic mass is 32.1. The molecule has 16 heavy (non-hydrogen) atoms. The van der Waals surface area contributed by atoms with E-state index < -0.39 is 0 Å². The first kappa shape index (κ1) is 11.5. The van der Waals surface area contributed by atoms with Crippen molar-refractivity contribution in [2.75, 3.05) is 13.1 Å². The largest absolute Gasteiger partial charge is 0.338 e. The zero-order chi connectivity index (χ0) is 11.8. The second-order valence-electron chi connectivity index (χ2n) is 5.20. The van der Waals surface area contributed by atoms with Gasteiger partial charge in [-0.05, 0) is 24.4 Å². The monoisotopic (exact) mass is 239 g/mol. The molecule has 1 aromatic rings. The minimum Gasteiger partial charge on any atom is -0.338 e. The van der Waals surface area contributed by atoms with E-state index in [4.69, 9.17) is 0 Å². The Morgan fingerprint density at radius 3 is 2.50 bits per heavy atom. The summed E-state index contributed by atoms with van der Waals surface area (Å²) in [5.41, 5.74) is 0.715. The molecule has 1 aromatic heterocycles. The first-order chi connectivity index (χ1) is 7.50. The minimum atomic E-state index is -0.113. The second-order valence-corrected chi connectivity index (χ2v) is 5.95. The van der Waals surface area contributed by atoms with Gasteiger partial charge < -0.3 is 4.90 Å². The Kier molecular flexibility index (Phi) is 2.97. The molecule has 88 valence electrons. The van der Waals surface area contributed by atoms with Crippen molar-refractivity contribution in [3.8, 4) is 0 Å². The molecule has 1 amide bonds. The maximum absolute atomic E-state index is 12.2. The molecule has 2 heterocycles. The van der Waals surface area contributed by atoms with Gasteiger partial charge in [0.05, 0.1) is 5.69 Å². The Balaban J connectivity index is 2.26. The van der Waals surface area contributed by atoms with E-state index in [2.05, 4.69) is 30.4 Å². The SMILES string of the molecule is CC(C)(C)c1nnsc1C(=O)N1CCCC1. The lowest BCUT2D eigenvalue weighted by Gasteiger charge is -2.19. The smallest absolute Gasteiger partial charge is 0.267 e. The van der Waals surface area contributed by atoms with E-state index in [0.29, 0.717) is 0 Å². The van der Waals surface area contributed by atoms with Gasteiger partial charge in [-0.15, -0.1) is 5.10 Å². The summed E-state index contributed by atoms with van der Waals surface area (Å²) >= 11 is 1.22. The molecule has 1 fully saturated rings. The number of amides is 1. The van der Waals surface area contributed by atoms with Gasteiger partial charge >= 0.3 is 0 Å². The van der Waals surface area contributed by atoms with Crippen LogP contribution in [0.3, 0.4) is 0 Å². The average molecular weight is 239 g/mol. The first-order valence-corrected chi connectivity index (χ1v) is 6.39. The maximum Gasteiger partial charge on any atom is 0.267 e. The van der Waals surface area contributed by atoms with Gasteiger partial charge in [0.1, 0.15) is 4.88 Å². The zero-order valence-corrected chi connectivity index (χ0v) is 10.8. The lowest BCUT2D eigenvalue weighted by molar-refractivity contribution is 0.0795. The molecule has 1 aliphatic heterocycles. The molecule has 0 saturated carbocycles. The molecule has 1 aliphatic rings. The van der Waals surface area contributed by atoms with E-state index in [-0.39, 0.29) is 11.3 Å². The Morgan fingerprint density at radius 1 is 1.31 bits per heavy atom. The van der Waals surface area contributed by atoms with Gasteiger partial charge in [0.25, 0.3) is 5.91 Å². The molecule has 0 aromatic carbocycles. The summed E-state index contributed by atoms with van der Waals surface area (Å²) in [5, 5.41) is 4.10. The normalized spacial score (nSPS) is 16.8. The lowest BCUT2D eigenvalue weighted by Crippen LogP contribution is -2.29. The summed E-state index contributed by atoms with van der Waals surface area (Å²) in [6.07, 6.45) is 2.23. The highest BCUT2D eigenvalue weighted by molar-refractivity contribution is 7.08. The van der Waals surface area contributed by atoms with E-state index in [1.54, 1.807) is 0 Å². The van der Waals surface area contributed by atoms with Crippen molar-refractivity contribution >= 4 is 17.4 Å². The van der Waals surface area contributed by atoms with Crippen molar-refractivity contribution in [3.63, 3.8) is 0 Å².